The zero-order valence-corrected chi connectivity index (χ0v) is 12.7. The molecular formula is C15H28N2O3. The number of nitrogens with zero attached hydrogens (tertiary/aromatic N) is 2. The van der Waals surface area contributed by atoms with Crippen LogP contribution >= 0.6 is 0 Å². The van der Waals surface area contributed by atoms with Gasteiger partial charge in [-0.2, -0.15) is 0 Å². The van der Waals surface area contributed by atoms with E-state index in [9.17, 15) is 5.11 Å². The molecule has 0 aromatic heterocycles. The number of rotatable bonds is 8. The van der Waals surface area contributed by atoms with Gasteiger partial charge in [0.15, 0.2) is 0 Å². The van der Waals surface area contributed by atoms with Crippen LogP contribution in [-0.2, 0) is 4.74 Å². The fraction of sp³-hybridized carbons (Fsp3) is 0.867. The van der Waals surface area contributed by atoms with Crippen molar-refractivity contribution in [1.29, 1.82) is 0 Å². The minimum Gasteiger partial charge on any atom is -0.395 e. The molecule has 0 bridgehead atoms. The Morgan fingerprint density at radius 2 is 1.90 bits per heavy atom. The van der Waals surface area contributed by atoms with Gasteiger partial charge in [0.2, 0.25) is 0 Å². The molecule has 20 heavy (non-hydrogen) atoms. The molecule has 0 unspecified atom stereocenters. The van der Waals surface area contributed by atoms with Crippen LogP contribution in [0.3, 0.4) is 0 Å². The topological polar surface area (TPSA) is 56.2 Å². The average molecular weight is 284 g/mol. The summed E-state index contributed by atoms with van der Waals surface area (Å²) in [5.74, 6) is 2.63. The van der Waals surface area contributed by atoms with Gasteiger partial charge < -0.3 is 14.9 Å². The van der Waals surface area contributed by atoms with Crippen LogP contribution in [0.4, 0.5) is 0 Å². The Hall–Kier alpha value is -0.640. The van der Waals surface area contributed by atoms with E-state index < -0.39 is 11.7 Å². The zero-order valence-electron chi connectivity index (χ0n) is 12.7. The number of piperazine rings is 1. The SMILES string of the molecule is C#C[C@](C)(CC)OC[C@@H](O)CN1CCN(CCO)CC1. The van der Waals surface area contributed by atoms with Crippen molar-refractivity contribution in [2.24, 2.45) is 0 Å². The van der Waals surface area contributed by atoms with E-state index in [2.05, 4.69) is 15.7 Å². The van der Waals surface area contributed by atoms with Gasteiger partial charge in [0.05, 0.1) is 19.3 Å². The van der Waals surface area contributed by atoms with Crippen molar-refractivity contribution in [2.75, 3.05) is 52.5 Å². The summed E-state index contributed by atoms with van der Waals surface area (Å²) < 4.78 is 5.63. The van der Waals surface area contributed by atoms with Crippen molar-refractivity contribution in [1.82, 2.24) is 9.80 Å². The van der Waals surface area contributed by atoms with Crippen LogP contribution in [0.1, 0.15) is 20.3 Å². The first kappa shape index (κ1) is 17.4. The Morgan fingerprint density at radius 3 is 2.40 bits per heavy atom. The van der Waals surface area contributed by atoms with E-state index in [0.29, 0.717) is 6.54 Å². The first-order chi connectivity index (χ1) is 9.53. The lowest BCUT2D eigenvalue weighted by atomic mass is 10.1. The summed E-state index contributed by atoms with van der Waals surface area (Å²) in [7, 11) is 0. The van der Waals surface area contributed by atoms with Gasteiger partial charge in [-0.25, -0.2) is 0 Å². The van der Waals surface area contributed by atoms with Gasteiger partial charge in [0.25, 0.3) is 0 Å². The number of terminal acetylenes is 1. The molecule has 0 saturated carbocycles. The average Bonchev–Trinajstić information content (AvgIpc) is 2.47. The number of aliphatic hydroxyl groups excluding tert-OH is 2. The quantitative estimate of drug-likeness (QED) is 0.603. The lowest BCUT2D eigenvalue weighted by molar-refractivity contribution is -0.0501. The molecule has 1 heterocycles. The van der Waals surface area contributed by atoms with Crippen LogP contribution in [0.25, 0.3) is 0 Å². The van der Waals surface area contributed by atoms with Crippen LogP contribution < -0.4 is 0 Å². The first-order valence-corrected chi connectivity index (χ1v) is 7.38. The smallest absolute Gasteiger partial charge is 0.125 e. The molecule has 0 aromatic rings. The molecule has 116 valence electrons. The highest BCUT2D eigenvalue weighted by molar-refractivity contribution is 5.05. The van der Waals surface area contributed by atoms with E-state index in [-0.39, 0.29) is 13.2 Å². The third-order valence-electron chi connectivity index (χ3n) is 3.92. The Morgan fingerprint density at radius 1 is 1.30 bits per heavy atom. The Bertz CT molecular complexity index is 311. The highest BCUT2D eigenvalue weighted by atomic mass is 16.5. The summed E-state index contributed by atoms with van der Waals surface area (Å²) in [6.07, 6.45) is 5.66. The lowest BCUT2D eigenvalue weighted by Gasteiger charge is -2.35. The van der Waals surface area contributed by atoms with E-state index in [4.69, 9.17) is 16.3 Å². The third-order valence-corrected chi connectivity index (χ3v) is 3.92. The maximum Gasteiger partial charge on any atom is 0.125 e. The molecule has 1 saturated heterocycles. The molecule has 2 N–H and O–H groups in total. The van der Waals surface area contributed by atoms with Crippen molar-refractivity contribution in [3.05, 3.63) is 0 Å². The second-order valence-corrected chi connectivity index (χ2v) is 5.56. The molecule has 1 fully saturated rings. The molecule has 0 aliphatic carbocycles. The fourth-order valence-electron chi connectivity index (χ4n) is 2.21. The second kappa shape index (κ2) is 8.60. The molecule has 1 aliphatic heterocycles. The van der Waals surface area contributed by atoms with Gasteiger partial charge in [-0.3, -0.25) is 9.80 Å². The van der Waals surface area contributed by atoms with E-state index >= 15 is 0 Å². The van der Waals surface area contributed by atoms with Crippen LogP contribution in [0, 0.1) is 12.3 Å². The number of ether oxygens (including phenoxy) is 1. The van der Waals surface area contributed by atoms with E-state index in [1.54, 1.807) is 0 Å². The van der Waals surface area contributed by atoms with E-state index in [1.165, 1.54) is 0 Å². The van der Waals surface area contributed by atoms with Crippen molar-refractivity contribution < 1.29 is 14.9 Å². The highest BCUT2D eigenvalue weighted by Crippen LogP contribution is 2.14. The monoisotopic (exact) mass is 284 g/mol. The fourth-order valence-corrected chi connectivity index (χ4v) is 2.21. The summed E-state index contributed by atoms with van der Waals surface area (Å²) in [5.41, 5.74) is -0.583. The molecule has 2 atom stereocenters. The summed E-state index contributed by atoms with van der Waals surface area (Å²) in [4.78, 5) is 4.45. The summed E-state index contributed by atoms with van der Waals surface area (Å²) in [6, 6.07) is 0. The normalized spacial score (nSPS) is 22.1. The van der Waals surface area contributed by atoms with Crippen LogP contribution in [0.5, 0.6) is 0 Å². The Kier molecular flexibility index (Phi) is 7.49. The predicted molar refractivity (Wildman–Crippen MR) is 79.5 cm³/mol. The third kappa shape index (κ3) is 5.78. The second-order valence-electron chi connectivity index (χ2n) is 5.56. The van der Waals surface area contributed by atoms with Crippen molar-refractivity contribution >= 4 is 0 Å². The molecule has 0 aromatic carbocycles. The van der Waals surface area contributed by atoms with E-state index in [0.717, 1.165) is 39.1 Å². The zero-order chi connectivity index (χ0) is 15.0. The van der Waals surface area contributed by atoms with Crippen LogP contribution in [0.2, 0.25) is 0 Å². The standard InChI is InChI=1S/C15H28N2O3/c1-4-15(3,5-2)20-13-14(19)12-17-8-6-16(7-9-17)10-11-18/h1,14,18-19H,5-13H2,2-3H3/t14-,15+/m0/s1. The highest BCUT2D eigenvalue weighted by Gasteiger charge is 2.23. The van der Waals surface area contributed by atoms with Crippen molar-refractivity contribution in [3.8, 4) is 12.3 Å². The maximum atomic E-state index is 10.0. The molecule has 5 heteroatoms. The van der Waals surface area contributed by atoms with Gasteiger partial charge in [0, 0.05) is 39.3 Å². The number of hydrogen-bond acceptors (Lipinski definition) is 5. The van der Waals surface area contributed by atoms with Crippen molar-refractivity contribution in [2.45, 2.75) is 32.0 Å². The molecule has 5 nitrogen and oxygen atoms in total. The van der Waals surface area contributed by atoms with Gasteiger partial charge in [0.1, 0.15) is 5.60 Å². The Labute approximate surface area is 122 Å². The number of β-amino-alcohol motifs (C(OH)–C–C–N with tert-alkyl or cyclic N) is 2. The van der Waals surface area contributed by atoms with Gasteiger partial charge in [-0.1, -0.05) is 12.8 Å². The predicted octanol–water partition coefficient (Wildman–Crippen LogP) is -0.224. The molecule has 0 amide bonds. The minimum atomic E-state index is -0.583. The molecule has 0 spiro atoms. The molecule has 1 aliphatic rings. The minimum absolute atomic E-state index is 0.207. The molecule has 0 radical (unpaired) electrons. The summed E-state index contributed by atoms with van der Waals surface area (Å²) in [5, 5.41) is 18.9. The number of hydrogen-bond donors (Lipinski definition) is 2. The van der Waals surface area contributed by atoms with Crippen molar-refractivity contribution in [3.63, 3.8) is 0 Å². The van der Waals surface area contributed by atoms with Gasteiger partial charge in [-0.15, -0.1) is 6.42 Å². The molecule has 1 rings (SSSR count). The van der Waals surface area contributed by atoms with E-state index in [1.807, 2.05) is 13.8 Å². The van der Waals surface area contributed by atoms with Gasteiger partial charge in [-0.05, 0) is 13.3 Å². The first-order valence-electron chi connectivity index (χ1n) is 7.38. The number of aliphatic hydroxyl groups is 2. The summed E-state index contributed by atoms with van der Waals surface area (Å²) in [6.45, 7) is 9.36. The lowest BCUT2D eigenvalue weighted by Crippen LogP contribution is -2.49. The van der Waals surface area contributed by atoms with Crippen LogP contribution in [-0.4, -0.2) is 84.2 Å². The molecular weight excluding hydrogens is 256 g/mol. The van der Waals surface area contributed by atoms with Gasteiger partial charge >= 0.3 is 0 Å². The van der Waals surface area contributed by atoms with Crippen LogP contribution in [0.15, 0.2) is 0 Å². The largest absolute Gasteiger partial charge is 0.395 e. The Balaban J connectivity index is 2.24. The maximum absolute atomic E-state index is 10.0. The summed E-state index contributed by atoms with van der Waals surface area (Å²) >= 11 is 0.